The molecule has 1 saturated heterocycles. The lowest BCUT2D eigenvalue weighted by Crippen LogP contribution is -2.31. The van der Waals surface area contributed by atoms with Crippen molar-refractivity contribution in [2.75, 3.05) is 13.1 Å². The number of hydrogen-bond acceptors (Lipinski definition) is 1. The Labute approximate surface area is 101 Å². The fraction of sp³-hybridized carbons (Fsp3) is 0.417. The van der Waals surface area contributed by atoms with E-state index in [9.17, 15) is 0 Å². The van der Waals surface area contributed by atoms with Gasteiger partial charge in [-0.25, -0.2) is 0 Å². The van der Waals surface area contributed by atoms with Crippen LogP contribution in [-0.2, 0) is 6.42 Å². The van der Waals surface area contributed by atoms with Crippen LogP contribution in [0.1, 0.15) is 12.0 Å². The lowest BCUT2D eigenvalue weighted by atomic mass is 9.92. The van der Waals surface area contributed by atoms with Crippen LogP contribution < -0.4 is 5.32 Å². The summed E-state index contributed by atoms with van der Waals surface area (Å²) in [7, 11) is 0. The van der Waals surface area contributed by atoms with E-state index in [2.05, 4.69) is 11.7 Å². The zero-order chi connectivity index (χ0) is 10.7. The molecule has 1 aromatic carbocycles. The van der Waals surface area contributed by atoms with Gasteiger partial charge in [0.05, 0.1) is 0 Å². The van der Waals surface area contributed by atoms with Gasteiger partial charge in [0.15, 0.2) is 0 Å². The SMILES string of the molecule is Clc1ccc(CC2[CH]CCNC2)c(Cl)c1. The summed E-state index contributed by atoms with van der Waals surface area (Å²) in [6.07, 6.45) is 4.53. The normalized spacial score (nSPS) is 21.6. The molecule has 1 aliphatic rings. The Morgan fingerprint density at radius 3 is 2.87 bits per heavy atom. The van der Waals surface area contributed by atoms with Crippen molar-refractivity contribution in [2.45, 2.75) is 12.8 Å². The minimum atomic E-state index is 0.595. The van der Waals surface area contributed by atoms with Crippen LogP contribution in [0.3, 0.4) is 0 Å². The topological polar surface area (TPSA) is 12.0 Å². The van der Waals surface area contributed by atoms with Crippen LogP contribution >= 0.6 is 23.2 Å². The van der Waals surface area contributed by atoms with Crippen LogP contribution in [0.2, 0.25) is 10.0 Å². The molecule has 1 atom stereocenters. The Balaban J connectivity index is 2.03. The van der Waals surface area contributed by atoms with Crippen molar-refractivity contribution >= 4 is 23.2 Å². The maximum absolute atomic E-state index is 6.13. The van der Waals surface area contributed by atoms with Gasteiger partial charge in [0.2, 0.25) is 0 Å². The van der Waals surface area contributed by atoms with E-state index in [0.29, 0.717) is 10.9 Å². The minimum Gasteiger partial charge on any atom is -0.316 e. The molecule has 3 heteroatoms. The van der Waals surface area contributed by atoms with Gasteiger partial charge in [-0.3, -0.25) is 0 Å². The fourth-order valence-electron chi connectivity index (χ4n) is 1.92. The third-order valence-corrected chi connectivity index (χ3v) is 3.31. The summed E-state index contributed by atoms with van der Waals surface area (Å²) in [6.45, 7) is 2.16. The number of halogens is 2. The van der Waals surface area contributed by atoms with Gasteiger partial charge in [0, 0.05) is 10.0 Å². The van der Waals surface area contributed by atoms with Gasteiger partial charge in [-0.15, -0.1) is 0 Å². The van der Waals surface area contributed by atoms with Gasteiger partial charge in [-0.2, -0.15) is 0 Å². The Morgan fingerprint density at radius 1 is 1.33 bits per heavy atom. The first kappa shape index (κ1) is 11.3. The van der Waals surface area contributed by atoms with E-state index in [4.69, 9.17) is 23.2 Å². The third-order valence-electron chi connectivity index (χ3n) is 2.72. The first-order chi connectivity index (χ1) is 7.25. The second kappa shape index (κ2) is 5.20. The molecule has 1 N–H and O–H groups in total. The highest BCUT2D eigenvalue weighted by Gasteiger charge is 2.15. The van der Waals surface area contributed by atoms with Crippen LogP contribution in [0.4, 0.5) is 0 Å². The molecule has 1 nitrogen and oxygen atoms in total. The number of piperidine rings is 1. The second-order valence-corrected chi connectivity index (χ2v) is 4.77. The molecule has 81 valence electrons. The summed E-state index contributed by atoms with van der Waals surface area (Å²) in [5.74, 6) is 0.595. The number of hydrogen-bond donors (Lipinski definition) is 1. The van der Waals surface area contributed by atoms with Gasteiger partial charge in [0.25, 0.3) is 0 Å². The Morgan fingerprint density at radius 2 is 2.20 bits per heavy atom. The molecule has 1 aliphatic heterocycles. The summed E-state index contributed by atoms with van der Waals surface area (Å²) in [5, 5.41) is 4.87. The molecule has 1 unspecified atom stereocenters. The first-order valence-electron chi connectivity index (χ1n) is 5.23. The van der Waals surface area contributed by atoms with Crippen molar-refractivity contribution in [2.24, 2.45) is 5.92 Å². The average molecular weight is 243 g/mol. The summed E-state index contributed by atoms with van der Waals surface area (Å²) >= 11 is 12.0. The fourth-order valence-corrected chi connectivity index (χ4v) is 2.40. The van der Waals surface area contributed by atoms with Crippen molar-refractivity contribution in [3.8, 4) is 0 Å². The third kappa shape index (κ3) is 3.10. The Hall–Kier alpha value is -0.240. The van der Waals surface area contributed by atoms with Crippen LogP contribution in [0, 0.1) is 12.3 Å². The highest BCUT2D eigenvalue weighted by molar-refractivity contribution is 6.35. The van der Waals surface area contributed by atoms with E-state index >= 15 is 0 Å². The summed E-state index contributed by atoms with van der Waals surface area (Å²) < 4.78 is 0. The van der Waals surface area contributed by atoms with Crippen LogP contribution in [0.15, 0.2) is 18.2 Å². The molecule has 1 fully saturated rings. The molecule has 0 saturated carbocycles. The molecule has 0 aromatic heterocycles. The van der Waals surface area contributed by atoms with Gasteiger partial charge in [-0.1, -0.05) is 29.3 Å². The zero-order valence-corrected chi connectivity index (χ0v) is 9.98. The highest BCUT2D eigenvalue weighted by atomic mass is 35.5. The molecule has 1 heterocycles. The van der Waals surface area contributed by atoms with Gasteiger partial charge >= 0.3 is 0 Å². The largest absolute Gasteiger partial charge is 0.316 e. The molecular weight excluding hydrogens is 229 g/mol. The summed E-state index contributed by atoms with van der Waals surface area (Å²) in [5.41, 5.74) is 1.19. The van der Waals surface area contributed by atoms with E-state index in [1.807, 2.05) is 18.2 Å². The monoisotopic (exact) mass is 242 g/mol. The van der Waals surface area contributed by atoms with Gasteiger partial charge in [-0.05, 0) is 56.0 Å². The summed E-state index contributed by atoms with van der Waals surface area (Å²) in [4.78, 5) is 0. The quantitative estimate of drug-likeness (QED) is 0.839. The number of nitrogens with one attached hydrogen (secondary N) is 1. The second-order valence-electron chi connectivity index (χ2n) is 3.93. The first-order valence-corrected chi connectivity index (χ1v) is 5.99. The summed E-state index contributed by atoms with van der Waals surface area (Å²) in [6, 6.07) is 5.74. The zero-order valence-electron chi connectivity index (χ0n) is 8.47. The highest BCUT2D eigenvalue weighted by Crippen LogP contribution is 2.25. The van der Waals surface area contributed by atoms with Crippen LogP contribution in [-0.4, -0.2) is 13.1 Å². The minimum absolute atomic E-state index is 0.595. The predicted octanol–water partition coefficient (Wildman–Crippen LogP) is 3.35. The standard InChI is InChI=1S/C12H14Cl2N/c13-11-4-3-10(12(14)7-11)6-9-2-1-5-15-8-9/h2-4,7,9,15H,1,5-6,8H2. The molecule has 2 rings (SSSR count). The maximum Gasteiger partial charge on any atom is 0.0452 e. The Bertz CT molecular complexity index is 332. The molecule has 15 heavy (non-hydrogen) atoms. The van der Waals surface area contributed by atoms with E-state index in [1.165, 1.54) is 5.56 Å². The smallest absolute Gasteiger partial charge is 0.0452 e. The van der Waals surface area contributed by atoms with E-state index in [1.54, 1.807) is 0 Å². The van der Waals surface area contributed by atoms with E-state index in [-0.39, 0.29) is 0 Å². The van der Waals surface area contributed by atoms with Crippen molar-refractivity contribution in [1.82, 2.24) is 5.32 Å². The Kier molecular flexibility index (Phi) is 3.90. The molecule has 0 spiro atoms. The molecule has 0 amide bonds. The van der Waals surface area contributed by atoms with Crippen molar-refractivity contribution in [1.29, 1.82) is 0 Å². The van der Waals surface area contributed by atoms with Crippen LogP contribution in [0.25, 0.3) is 0 Å². The van der Waals surface area contributed by atoms with E-state index in [0.717, 1.165) is 31.0 Å². The van der Waals surface area contributed by atoms with E-state index < -0.39 is 0 Å². The van der Waals surface area contributed by atoms with Gasteiger partial charge < -0.3 is 5.32 Å². The maximum atomic E-state index is 6.13. The van der Waals surface area contributed by atoms with Crippen LogP contribution in [0.5, 0.6) is 0 Å². The molecule has 1 radical (unpaired) electrons. The van der Waals surface area contributed by atoms with Crippen molar-refractivity contribution < 1.29 is 0 Å². The van der Waals surface area contributed by atoms with Crippen molar-refractivity contribution in [3.63, 3.8) is 0 Å². The molecule has 0 aliphatic carbocycles. The molecular formula is C12H14Cl2N. The lowest BCUT2D eigenvalue weighted by Gasteiger charge is -2.22. The lowest BCUT2D eigenvalue weighted by molar-refractivity contribution is 0.462. The molecule has 1 aromatic rings. The number of benzene rings is 1. The molecule has 0 bridgehead atoms. The number of rotatable bonds is 2. The average Bonchev–Trinajstić information content (AvgIpc) is 2.24. The van der Waals surface area contributed by atoms with Gasteiger partial charge in [0.1, 0.15) is 0 Å². The van der Waals surface area contributed by atoms with Crippen molar-refractivity contribution in [3.05, 3.63) is 40.2 Å². The predicted molar refractivity (Wildman–Crippen MR) is 65.4 cm³/mol.